The Hall–Kier alpha value is -4.16. The van der Waals surface area contributed by atoms with Crippen LogP contribution in [0.5, 0.6) is 11.5 Å². The van der Waals surface area contributed by atoms with Gasteiger partial charge in [-0.15, -0.1) is 0 Å². The van der Waals surface area contributed by atoms with E-state index in [2.05, 4.69) is 24.7 Å². The molecule has 0 aliphatic carbocycles. The molecule has 208 valence electrons. The molecule has 0 radical (unpaired) electrons. The molecule has 0 spiro atoms. The monoisotopic (exact) mass is 553 g/mol. The van der Waals surface area contributed by atoms with Crippen molar-refractivity contribution in [2.24, 2.45) is 0 Å². The minimum absolute atomic E-state index is 0.0577. The highest BCUT2D eigenvalue weighted by Crippen LogP contribution is 2.39. The van der Waals surface area contributed by atoms with Gasteiger partial charge in [-0.25, -0.2) is 4.79 Å². The molecule has 8 nitrogen and oxygen atoms in total. The van der Waals surface area contributed by atoms with Crippen molar-refractivity contribution in [3.05, 3.63) is 75.5 Å². The van der Waals surface area contributed by atoms with Crippen LogP contribution in [-0.4, -0.2) is 35.4 Å². The molecule has 2 aromatic carbocycles. The van der Waals surface area contributed by atoms with E-state index in [0.29, 0.717) is 23.3 Å². The molecular formula is C26H24F5N3O5. The lowest BCUT2D eigenvalue weighted by atomic mass is 9.85. The number of nitrogens with zero attached hydrogens (tertiary/aromatic N) is 1. The van der Waals surface area contributed by atoms with Crippen molar-refractivity contribution in [1.82, 2.24) is 15.5 Å². The van der Waals surface area contributed by atoms with E-state index in [1.54, 1.807) is 18.2 Å². The number of amides is 1. The lowest BCUT2D eigenvalue weighted by molar-refractivity contribution is -0.136. The second-order valence-corrected chi connectivity index (χ2v) is 8.71. The van der Waals surface area contributed by atoms with E-state index in [4.69, 9.17) is 4.74 Å². The highest BCUT2D eigenvalue weighted by molar-refractivity contribution is 6.27. The molecule has 3 aromatic rings. The molecule has 0 unspecified atom stereocenters. The van der Waals surface area contributed by atoms with Crippen molar-refractivity contribution in [1.29, 1.82) is 0 Å². The van der Waals surface area contributed by atoms with Crippen LogP contribution >= 0.6 is 0 Å². The van der Waals surface area contributed by atoms with Crippen LogP contribution in [0.15, 0.2) is 51.8 Å². The first kappa shape index (κ1) is 27.9. The number of nitrogens with one attached hydrogen (secondary N) is 2. The summed E-state index contributed by atoms with van der Waals surface area (Å²) in [6.07, 6.45) is -4.58. The fourth-order valence-electron chi connectivity index (χ4n) is 4.38. The number of aromatic nitrogens is 2. The average molecular weight is 553 g/mol. The van der Waals surface area contributed by atoms with E-state index in [1.165, 1.54) is 24.3 Å². The second kappa shape index (κ2) is 11.7. The number of benzene rings is 2. The SMILES string of the molecule is CCc1cc(OCCCC(F)(F)F)ccc1[C@H]1CC(c2ccc(OC(F)F)cc2)=C(c2noc(=O)[nH]2)C(=O)N1. The van der Waals surface area contributed by atoms with Crippen LogP contribution in [0.3, 0.4) is 0 Å². The molecular weight excluding hydrogens is 529 g/mol. The third kappa shape index (κ3) is 7.03. The van der Waals surface area contributed by atoms with Gasteiger partial charge in [0.15, 0.2) is 5.82 Å². The van der Waals surface area contributed by atoms with Gasteiger partial charge in [0.2, 0.25) is 0 Å². The summed E-state index contributed by atoms with van der Waals surface area (Å²) in [5.74, 6) is -1.15. The Kier molecular flexibility index (Phi) is 8.36. The number of H-pyrrole nitrogens is 1. The topological polar surface area (TPSA) is 106 Å². The number of hydrogen-bond acceptors (Lipinski definition) is 6. The Labute approximate surface area is 218 Å². The van der Waals surface area contributed by atoms with Crippen molar-refractivity contribution in [2.75, 3.05) is 6.61 Å². The third-order valence-electron chi connectivity index (χ3n) is 6.09. The molecule has 2 N–H and O–H groups in total. The number of carbonyl (C=O) groups excluding carboxylic acids is 1. The smallest absolute Gasteiger partial charge is 0.439 e. The fourth-order valence-corrected chi connectivity index (χ4v) is 4.38. The molecule has 0 saturated carbocycles. The Morgan fingerprint density at radius 2 is 1.82 bits per heavy atom. The average Bonchev–Trinajstić information content (AvgIpc) is 3.31. The zero-order chi connectivity index (χ0) is 28.2. The van der Waals surface area contributed by atoms with Gasteiger partial charge in [-0.1, -0.05) is 30.3 Å². The molecule has 1 amide bonds. The van der Waals surface area contributed by atoms with Crippen LogP contribution in [-0.2, 0) is 11.2 Å². The molecule has 0 bridgehead atoms. The van der Waals surface area contributed by atoms with Crippen LogP contribution < -0.4 is 20.5 Å². The highest BCUT2D eigenvalue weighted by Gasteiger charge is 2.33. The number of aromatic amines is 1. The van der Waals surface area contributed by atoms with Crippen molar-refractivity contribution in [3.8, 4) is 11.5 Å². The van der Waals surface area contributed by atoms with Gasteiger partial charge in [-0.3, -0.25) is 14.3 Å². The van der Waals surface area contributed by atoms with Crippen LogP contribution in [0.2, 0.25) is 0 Å². The molecule has 2 heterocycles. The minimum Gasteiger partial charge on any atom is -0.494 e. The minimum atomic E-state index is -4.25. The Morgan fingerprint density at radius 1 is 1.10 bits per heavy atom. The van der Waals surface area contributed by atoms with Crippen molar-refractivity contribution in [2.45, 2.75) is 51.4 Å². The molecule has 13 heteroatoms. The molecule has 4 rings (SSSR count). The van der Waals surface area contributed by atoms with Crippen LogP contribution in [0.4, 0.5) is 22.0 Å². The lowest BCUT2D eigenvalue weighted by Crippen LogP contribution is -2.35. The first-order valence-electron chi connectivity index (χ1n) is 12.0. The number of hydrogen-bond donors (Lipinski definition) is 2. The normalized spacial score (nSPS) is 16.0. The zero-order valence-corrected chi connectivity index (χ0v) is 20.6. The van der Waals surface area contributed by atoms with E-state index in [0.717, 1.165) is 11.1 Å². The fraction of sp³-hybridized carbons (Fsp3) is 0.346. The standard InChI is InChI=1S/C26H24F5N3O5/c1-2-14-12-17(37-11-3-10-26(29,30)31)8-9-18(14)20-13-19(15-4-6-16(7-5-15)38-24(27)28)21(23(35)32-20)22-33-25(36)39-34-22/h4-9,12,20,24H,2-3,10-11,13H2,1H3,(H,32,35)(H,33,34,36)/t20-/m1/s1. The van der Waals surface area contributed by atoms with Crippen molar-refractivity contribution in [3.63, 3.8) is 0 Å². The Morgan fingerprint density at radius 3 is 2.44 bits per heavy atom. The summed E-state index contributed by atoms with van der Waals surface area (Å²) in [5.41, 5.74) is 2.62. The Balaban J connectivity index is 1.63. The van der Waals surface area contributed by atoms with E-state index in [1.807, 2.05) is 6.92 Å². The molecule has 1 atom stereocenters. The maximum absolute atomic E-state index is 13.3. The van der Waals surface area contributed by atoms with Gasteiger partial charge in [0.25, 0.3) is 5.91 Å². The van der Waals surface area contributed by atoms with E-state index in [-0.39, 0.29) is 36.6 Å². The first-order chi connectivity index (χ1) is 18.5. The van der Waals surface area contributed by atoms with Gasteiger partial charge in [0.1, 0.15) is 11.5 Å². The summed E-state index contributed by atoms with van der Waals surface area (Å²) < 4.78 is 76.9. The lowest BCUT2D eigenvalue weighted by Gasteiger charge is -2.29. The number of rotatable bonds is 10. The molecule has 1 aliphatic rings. The van der Waals surface area contributed by atoms with E-state index < -0.39 is 36.9 Å². The van der Waals surface area contributed by atoms with Gasteiger partial charge in [0.05, 0.1) is 18.2 Å². The quantitative estimate of drug-likeness (QED) is 0.257. The summed E-state index contributed by atoms with van der Waals surface area (Å²) in [6, 6.07) is 10.3. The molecule has 0 saturated heterocycles. The number of halogens is 5. The van der Waals surface area contributed by atoms with Crippen LogP contribution in [0.25, 0.3) is 11.1 Å². The number of aryl methyl sites for hydroxylation is 1. The Bertz CT molecular complexity index is 1400. The summed E-state index contributed by atoms with van der Waals surface area (Å²) in [5, 5.41) is 6.54. The summed E-state index contributed by atoms with van der Waals surface area (Å²) >= 11 is 0. The van der Waals surface area contributed by atoms with Crippen LogP contribution in [0, 0.1) is 0 Å². The largest absolute Gasteiger partial charge is 0.494 e. The maximum atomic E-state index is 13.3. The highest BCUT2D eigenvalue weighted by atomic mass is 19.4. The summed E-state index contributed by atoms with van der Waals surface area (Å²) in [7, 11) is 0. The summed E-state index contributed by atoms with van der Waals surface area (Å²) in [4.78, 5) is 27.2. The molecule has 0 fully saturated rings. The molecule has 1 aliphatic heterocycles. The van der Waals surface area contributed by atoms with Crippen LogP contribution in [0.1, 0.15) is 54.7 Å². The van der Waals surface area contributed by atoms with E-state index in [9.17, 15) is 31.5 Å². The van der Waals surface area contributed by atoms with Gasteiger partial charge in [-0.05, 0) is 65.8 Å². The predicted molar refractivity (Wildman–Crippen MR) is 129 cm³/mol. The van der Waals surface area contributed by atoms with Crippen molar-refractivity contribution >= 4 is 17.1 Å². The number of carbonyl (C=O) groups is 1. The maximum Gasteiger partial charge on any atom is 0.439 e. The zero-order valence-electron chi connectivity index (χ0n) is 20.6. The number of alkyl halides is 5. The number of ether oxygens (including phenoxy) is 2. The first-order valence-corrected chi connectivity index (χ1v) is 12.0. The van der Waals surface area contributed by atoms with E-state index >= 15 is 0 Å². The second-order valence-electron chi connectivity index (χ2n) is 8.71. The van der Waals surface area contributed by atoms with Gasteiger partial charge >= 0.3 is 18.5 Å². The predicted octanol–water partition coefficient (Wildman–Crippen LogP) is 5.42. The third-order valence-corrected chi connectivity index (χ3v) is 6.09. The molecule has 1 aromatic heterocycles. The van der Waals surface area contributed by atoms with Gasteiger partial charge in [0, 0.05) is 6.42 Å². The summed E-state index contributed by atoms with van der Waals surface area (Å²) in [6.45, 7) is -1.21. The van der Waals surface area contributed by atoms with Gasteiger partial charge < -0.3 is 14.8 Å². The van der Waals surface area contributed by atoms with Gasteiger partial charge in [-0.2, -0.15) is 22.0 Å². The molecule has 39 heavy (non-hydrogen) atoms. The van der Waals surface area contributed by atoms with Crippen molar-refractivity contribution < 1.29 is 40.7 Å².